The third kappa shape index (κ3) is 3.07. The molecule has 1 heterocycles. The summed E-state index contributed by atoms with van der Waals surface area (Å²) in [5.41, 5.74) is 2.55. The Bertz CT molecular complexity index is 687. The minimum atomic E-state index is -0.855. The van der Waals surface area contributed by atoms with Gasteiger partial charge in [-0.25, -0.2) is 0 Å². The number of hydrogen-bond acceptors (Lipinski definition) is 3. The Balaban J connectivity index is 2.21. The predicted molar refractivity (Wildman–Crippen MR) is 79.5 cm³/mol. The fraction of sp³-hybridized carbons (Fsp3) is 0.375. The van der Waals surface area contributed by atoms with Crippen LogP contribution in [0.5, 0.6) is 0 Å². The molecule has 1 aromatic carbocycles. The van der Waals surface area contributed by atoms with E-state index in [2.05, 4.69) is 0 Å². The molecule has 0 aliphatic rings. The third-order valence-electron chi connectivity index (χ3n) is 3.59. The molecular weight excluding hydrogens is 270 g/mol. The number of carboxylic acids is 1. The highest BCUT2D eigenvalue weighted by Gasteiger charge is 2.21. The fourth-order valence-electron chi connectivity index (χ4n) is 2.33. The van der Waals surface area contributed by atoms with Gasteiger partial charge in [-0.15, -0.1) is 0 Å². The molecule has 21 heavy (non-hydrogen) atoms. The van der Waals surface area contributed by atoms with Crippen molar-refractivity contribution in [3.05, 3.63) is 35.1 Å². The molecule has 2 rings (SSSR count). The van der Waals surface area contributed by atoms with Gasteiger partial charge in [-0.1, -0.05) is 18.2 Å². The zero-order valence-corrected chi connectivity index (χ0v) is 12.5. The lowest BCUT2D eigenvalue weighted by Gasteiger charge is -2.15. The zero-order chi connectivity index (χ0) is 15.6. The molecule has 0 aliphatic heterocycles. The van der Waals surface area contributed by atoms with Crippen LogP contribution in [0, 0.1) is 13.8 Å². The Hall–Kier alpha value is -2.30. The SMILES string of the molecule is Cc1c(C(=O)N(C)CCCC(=O)O)oc2c(C)cccc12. The summed E-state index contributed by atoms with van der Waals surface area (Å²) < 4.78 is 5.73. The van der Waals surface area contributed by atoms with Crippen LogP contribution in [0.1, 0.15) is 34.5 Å². The van der Waals surface area contributed by atoms with E-state index in [1.54, 1.807) is 7.05 Å². The van der Waals surface area contributed by atoms with Crippen LogP contribution < -0.4 is 0 Å². The summed E-state index contributed by atoms with van der Waals surface area (Å²) in [5, 5.41) is 9.57. The van der Waals surface area contributed by atoms with E-state index in [1.807, 2.05) is 32.0 Å². The summed E-state index contributed by atoms with van der Waals surface area (Å²) in [7, 11) is 1.66. The van der Waals surface area contributed by atoms with Gasteiger partial charge in [-0.2, -0.15) is 0 Å². The van der Waals surface area contributed by atoms with Crippen molar-refractivity contribution in [2.45, 2.75) is 26.7 Å². The maximum atomic E-state index is 12.4. The molecule has 0 saturated carbocycles. The molecule has 1 amide bonds. The second kappa shape index (κ2) is 5.99. The molecule has 1 aromatic heterocycles. The van der Waals surface area contributed by atoms with Crippen LogP contribution in [0.3, 0.4) is 0 Å². The summed E-state index contributed by atoms with van der Waals surface area (Å²) in [6.07, 6.45) is 0.478. The number of hydrogen-bond donors (Lipinski definition) is 1. The Morgan fingerprint density at radius 3 is 2.62 bits per heavy atom. The van der Waals surface area contributed by atoms with Gasteiger partial charge in [0.25, 0.3) is 5.91 Å². The number of nitrogens with zero attached hydrogens (tertiary/aromatic N) is 1. The van der Waals surface area contributed by atoms with Crippen molar-refractivity contribution in [1.82, 2.24) is 4.90 Å². The molecule has 0 aliphatic carbocycles. The van der Waals surface area contributed by atoms with Crippen molar-refractivity contribution in [3.63, 3.8) is 0 Å². The van der Waals surface area contributed by atoms with Crippen LogP contribution in [-0.2, 0) is 4.79 Å². The number of furan rings is 1. The first kappa shape index (κ1) is 15.1. The van der Waals surface area contributed by atoms with E-state index in [0.717, 1.165) is 22.1 Å². The number of carboxylic acid groups (broad SMARTS) is 1. The highest BCUT2D eigenvalue weighted by Crippen LogP contribution is 2.28. The maximum absolute atomic E-state index is 12.4. The smallest absolute Gasteiger partial charge is 0.303 e. The predicted octanol–water partition coefficient (Wildman–Crippen LogP) is 2.99. The molecule has 5 nitrogen and oxygen atoms in total. The number of amides is 1. The molecular formula is C16H19NO4. The summed E-state index contributed by atoms with van der Waals surface area (Å²) in [4.78, 5) is 24.4. The number of carbonyl (C=O) groups is 2. The second-order valence-electron chi connectivity index (χ2n) is 5.23. The van der Waals surface area contributed by atoms with Crippen molar-refractivity contribution < 1.29 is 19.1 Å². The molecule has 0 radical (unpaired) electrons. The first-order chi connectivity index (χ1) is 9.91. The van der Waals surface area contributed by atoms with E-state index in [4.69, 9.17) is 9.52 Å². The molecule has 0 atom stereocenters. The lowest BCUT2D eigenvalue weighted by Crippen LogP contribution is -2.28. The van der Waals surface area contributed by atoms with Crippen molar-refractivity contribution in [3.8, 4) is 0 Å². The van der Waals surface area contributed by atoms with Crippen molar-refractivity contribution in [1.29, 1.82) is 0 Å². The molecule has 0 spiro atoms. The summed E-state index contributed by atoms with van der Waals surface area (Å²) in [6.45, 7) is 4.19. The van der Waals surface area contributed by atoms with E-state index in [9.17, 15) is 9.59 Å². The Morgan fingerprint density at radius 2 is 2.00 bits per heavy atom. The second-order valence-corrected chi connectivity index (χ2v) is 5.23. The molecule has 0 bridgehead atoms. The normalized spacial score (nSPS) is 10.8. The fourth-order valence-corrected chi connectivity index (χ4v) is 2.33. The number of carbonyl (C=O) groups excluding carboxylic acids is 1. The lowest BCUT2D eigenvalue weighted by atomic mass is 10.1. The topological polar surface area (TPSA) is 70.8 Å². The molecule has 2 aromatic rings. The molecule has 0 saturated heterocycles. The van der Waals surface area contributed by atoms with Crippen LogP contribution >= 0.6 is 0 Å². The van der Waals surface area contributed by atoms with Crippen LogP contribution in [0.4, 0.5) is 0 Å². The Labute approximate surface area is 123 Å². The van der Waals surface area contributed by atoms with Crippen molar-refractivity contribution in [2.24, 2.45) is 0 Å². The average molecular weight is 289 g/mol. The average Bonchev–Trinajstić information content (AvgIpc) is 2.76. The Morgan fingerprint density at radius 1 is 1.29 bits per heavy atom. The number of rotatable bonds is 5. The highest BCUT2D eigenvalue weighted by atomic mass is 16.4. The first-order valence-corrected chi connectivity index (χ1v) is 6.87. The number of para-hydroxylation sites is 1. The van der Waals surface area contributed by atoms with Gasteiger partial charge in [-0.3, -0.25) is 9.59 Å². The van der Waals surface area contributed by atoms with Crippen molar-refractivity contribution >= 4 is 22.8 Å². The van der Waals surface area contributed by atoms with Crippen LogP contribution in [0.2, 0.25) is 0 Å². The van der Waals surface area contributed by atoms with Gasteiger partial charge >= 0.3 is 5.97 Å². The summed E-state index contributed by atoms with van der Waals surface area (Å²) >= 11 is 0. The van der Waals surface area contributed by atoms with E-state index >= 15 is 0 Å². The van der Waals surface area contributed by atoms with Crippen LogP contribution in [0.15, 0.2) is 22.6 Å². The van der Waals surface area contributed by atoms with Crippen LogP contribution in [0.25, 0.3) is 11.0 Å². The minimum absolute atomic E-state index is 0.0514. The van der Waals surface area contributed by atoms with Gasteiger partial charge in [0.1, 0.15) is 5.58 Å². The monoisotopic (exact) mass is 289 g/mol. The van der Waals surface area contributed by atoms with Gasteiger partial charge in [0, 0.05) is 31.0 Å². The lowest BCUT2D eigenvalue weighted by molar-refractivity contribution is -0.137. The standard InChI is InChI=1S/C16H19NO4/c1-10-6-4-7-12-11(2)15(21-14(10)12)16(20)17(3)9-5-8-13(18)19/h4,6-7H,5,8-9H2,1-3H3,(H,18,19). The minimum Gasteiger partial charge on any atom is -0.481 e. The quantitative estimate of drug-likeness (QED) is 0.918. The van der Waals surface area contributed by atoms with E-state index in [-0.39, 0.29) is 12.3 Å². The summed E-state index contributed by atoms with van der Waals surface area (Å²) in [6, 6.07) is 5.81. The van der Waals surface area contributed by atoms with Gasteiger partial charge in [-0.05, 0) is 25.8 Å². The maximum Gasteiger partial charge on any atom is 0.303 e. The molecule has 0 unspecified atom stereocenters. The first-order valence-electron chi connectivity index (χ1n) is 6.87. The third-order valence-corrected chi connectivity index (χ3v) is 3.59. The largest absolute Gasteiger partial charge is 0.481 e. The molecule has 5 heteroatoms. The Kier molecular flexibility index (Phi) is 4.31. The number of fused-ring (bicyclic) bond motifs is 1. The van der Waals surface area contributed by atoms with E-state index in [0.29, 0.717) is 18.7 Å². The van der Waals surface area contributed by atoms with E-state index in [1.165, 1.54) is 4.90 Å². The molecule has 112 valence electrons. The number of aliphatic carboxylic acids is 1. The van der Waals surface area contributed by atoms with Crippen molar-refractivity contribution in [2.75, 3.05) is 13.6 Å². The molecule has 1 N–H and O–H groups in total. The number of benzene rings is 1. The van der Waals surface area contributed by atoms with Crippen LogP contribution in [-0.4, -0.2) is 35.5 Å². The van der Waals surface area contributed by atoms with Gasteiger partial charge < -0.3 is 14.4 Å². The summed E-state index contributed by atoms with van der Waals surface area (Å²) in [5.74, 6) is -0.739. The van der Waals surface area contributed by atoms with E-state index < -0.39 is 5.97 Å². The number of aryl methyl sites for hydroxylation is 2. The zero-order valence-electron chi connectivity index (χ0n) is 12.5. The molecule has 0 fully saturated rings. The van der Waals surface area contributed by atoms with Gasteiger partial charge in [0.05, 0.1) is 0 Å². The van der Waals surface area contributed by atoms with Gasteiger partial charge in [0.15, 0.2) is 5.76 Å². The van der Waals surface area contributed by atoms with Gasteiger partial charge in [0.2, 0.25) is 0 Å². The highest BCUT2D eigenvalue weighted by molar-refractivity contribution is 5.99.